The molecule has 0 aliphatic carbocycles. The van der Waals surface area contributed by atoms with Gasteiger partial charge >= 0.3 is 5.97 Å². The van der Waals surface area contributed by atoms with E-state index in [0.29, 0.717) is 6.42 Å². The minimum absolute atomic E-state index is 0.327. The van der Waals surface area contributed by atoms with Gasteiger partial charge < -0.3 is 5.11 Å². The number of carboxylic acids is 1. The minimum Gasteiger partial charge on any atom is -0.481 e. The van der Waals surface area contributed by atoms with Crippen molar-refractivity contribution in [2.45, 2.75) is 85.0 Å². The van der Waals surface area contributed by atoms with Gasteiger partial charge in [0.1, 0.15) is 0 Å². The molecule has 0 aromatic heterocycles. The second-order valence-electron chi connectivity index (χ2n) is 4.27. The maximum atomic E-state index is 9.87. The molecule has 0 heterocycles. The molecule has 16 heavy (non-hydrogen) atoms. The van der Waals surface area contributed by atoms with Crippen LogP contribution in [0.2, 0.25) is 0 Å². The lowest BCUT2D eigenvalue weighted by molar-refractivity contribution is -0.137. The van der Waals surface area contributed by atoms with Crippen LogP contribution >= 0.6 is 0 Å². The fourth-order valence-electron chi connectivity index (χ4n) is 1.38. The quantitative estimate of drug-likeness (QED) is 0.565. The van der Waals surface area contributed by atoms with Crippen LogP contribution in [0, 0.1) is 0 Å². The summed E-state index contributed by atoms with van der Waals surface area (Å²) in [5.41, 5.74) is 0. The summed E-state index contributed by atoms with van der Waals surface area (Å²) in [6, 6.07) is 0. The molecule has 1 N–H and O–H groups in total. The summed E-state index contributed by atoms with van der Waals surface area (Å²) < 4.78 is 0. The van der Waals surface area contributed by atoms with Crippen LogP contribution in [0.25, 0.3) is 0 Å². The lowest BCUT2D eigenvalue weighted by Crippen LogP contribution is -1.92. The maximum Gasteiger partial charge on any atom is 0.303 e. The Morgan fingerprint density at radius 2 is 1.12 bits per heavy atom. The monoisotopic (exact) mass is 230 g/mol. The summed E-state index contributed by atoms with van der Waals surface area (Å²) in [5.74, 6) is -0.682. The molecule has 0 unspecified atom stereocenters. The normalized spacial score (nSPS) is 9.44. The Bertz CT molecular complexity index is 127. The van der Waals surface area contributed by atoms with Crippen LogP contribution in [0.4, 0.5) is 0 Å². The SMILES string of the molecule is CCCCCC(=O)O.CCCCCCCC. The molecule has 98 valence electrons. The summed E-state index contributed by atoms with van der Waals surface area (Å²) in [6.07, 6.45) is 11.8. The molecule has 0 aromatic rings. The number of aliphatic carboxylic acids is 1. The van der Waals surface area contributed by atoms with Crippen molar-refractivity contribution in [3.05, 3.63) is 0 Å². The van der Waals surface area contributed by atoms with Crippen LogP contribution in [0.5, 0.6) is 0 Å². The molecule has 0 rings (SSSR count). The number of hydrogen-bond acceptors (Lipinski definition) is 1. The van der Waals surface area contributed by atoms with E-state index in [1.54, 1.807) is 0 Å². The van der Waals surface area contributed by atoms with E-state index >= 15 is 0 Å². The van der Waals surface area contributed by atoms with Gasteiger partial charge in [-0.05, 0) is 6.42 Å². The van der Waals surface area contributed by atoms with E-state index < -0.39 is 5.97 Å². The zero-order valence-electron chi connectivity index (χ0n) is 11.4. The van der Waals surface area contributed by atoms with Crippen molar-refractivity contribution < 1.29 is 9.90 Å². The molecule has 0 saturated carbocycles. The lowest BCUT2D eigenvalue weighted by Gasteiger charge is -1.93. The van der Waals surface area contributed by atoms with Crippen LogP contribution in [0.15, 0.2) is 0 Å². The van der Waals surface area contributed by atoms with Crippen molar-refractivity contribution in [2.75, 3.05) is 0 Å². The van der Waals surface area contributed by atoms with Crippen molar-refractivity contribution in [1.29, 1.82) is 0 Å². The number of carboxylic acid groups (broad SMARTS) is 1. The third kappa shape index (κ3) is 23.4. The largest absolute Gasteiger partial charge is 0.481 e. The highest BCUT2D eigenvalue weighted by molar-refractivity contribution is 5.66. The zero-order valence-corrected chi connectivity index (χ0v) is 11.4. The Kier molecular flexibility index (Phi) is 18.8. The molecule has 0 bridgehead atoms. The molecule has 0 aromatic carbocycles. The second-order valence-corrected chi connectivity index (χ2v) is 4.27. The van der Waals surface area contributed by atoms with E-state index in [-0.39, 0.29) is 0 Å². The molecule has 2 heteroatoms. The van der Waals surface area contributed by atoms with Crippen molar-refractivity contribution in [1.82, 2.24) is 0 Å². The fraction of sp³-hybridized carbons (Fsp3) is 0.929. The van der Waals surface area contributed by atoms with Gasteiger partial charge in [0.15, 0.2) is 0 Å². The molecule has 0 amide bonds. The highest BCUT2D eigenvalue weighted by atomic mass is 16.4. The second kappa shape index (κ2) is 16.9. The molecule has 0 aliphatic heterocycles. The topological polar surface area (TPSA) is 37.3 Å². The smallest absolute Gasteiger partial charge is 0.303 e. The summed E-state index contributed by atoms with van der Waals surface area (Å²) in [4.78, 5) is 9.87. The van der Waals surface area contributed by atoms with Gasteiger partial charge in [-0.2, -0.15) is 0 Å². The van der Waals surface area contributed by atoms with Crippen LogP contribution < -0.4 is 0 Å². The number of rotatable bonds is 9. The van der Waals surface area contributed by atoms with Gasteiger partial charge in [0.25, 0.3) is 0 Å². The third-order valence-electron chi connectivity index (χ3n) is 2.45. The molecule has 2 nitrogen and oxygen atoms in total. The Balaban J connectivity index is 0. The highest BCUT2D eigenvalue weighted by Gasteiger charge is 1.92. The van der Waals surface area contributed by atoms with E-state index in [4.69, 9.17) is 5.11 Å². The van der Waals surface area contributed by atoms with Crippen molar-refractivity contribution in [3.63, 3.8) is 0 Å². The summed E-state index contributed by atoms with van der Waals surface area (Å²) in [6.45, 7) is 6.57. The number of unbranched alkanes of at least 4 members (excludes halogenated alkanes) is 7. The Morgan fingerprint density at radius 1 is 0.750 bits per heavy atom. The third-order valence-corrected chi connectivity index (χ3v) is 2.45. The van der Waals surface area contributed by atoms with Crippen LogP contribution in [0.3, 0.4) is 0 Å². The van der Waals surface area contributed by atoms with Crippen molar-refractivity contribution in [2.24, 2.45) is 0 Å². The molecule has 0 radical (unpaired) electrons. The first-order chi connectivity index (χ1) is 7.68. The highest BCUT2D eigenvalue weighted by Crippen LogP contribution is 2.03. The van der Waals surface area contributed by atoms with Crippen molar-refractivity contribution >= 4 is 5.97 Å². The van der Waals surface area contributed by atoms with Crippen molar-refractivity contribution in [3.8, 4) is 0 Å². The predicted molar refractivity (Wildman–Crippen MR) is 70.8 cm³/mol. The van der Waals surface area contributed by atoms with Gasteiger partial charge in [0.05, 0.1) is 0 Å². The molecule has 0 aliphatic rings. The molecule has 0 saturated heterocycles. The molecule has 0 spiro atoms. The maximum absolute atomic E-state index is 9.87. The fourth-order valence-corrected chi connectivity index (χ4v) is 1.38. The first kappa shape index (κ1) is 17.9. The Labute approximate surface area is 101 Å². The van der Waals surface area contributed by atoms with Gasteiger partial charge in [-0.25, -0.2) is 0 Å². The first-order valence-electron chi connectivity index (χ1n) is 6.90. The van der Waals surface area contributed by atoms with Crippen LogP contribution in [-0.4, -0.2) is 11.1 Å². The molecular weight excluding hydrogens is 200 g/mol. The zero-order chi connectivity index (χ0) is 12.6. The van der Waals surface area contributed by atoms with Gasteiger partial charge in [-0.3, -0.25) is 4.79 Å². The van der Waals surface area contributed by atoms with Gasteiger partial charge in [-0.15, -0.1) is 0 Å². The molecular formula is C14H30O2. The minimum atomic E-state index is -0.682. The van der Waals surface area contributed by atoms with Gasteiger partial charge in [0.2, 0.25) is 0 Å². The molecule has 0 atom stereocenters. The first-order valence-corrected chi connectivity index (χ1v) is 6.90. The van der Waals surface area contributed by atoms with Gasteiger partial charge in [-0.1, -0.05) is 72.1 Å². The number of carbonyl (C=O) groups is 1. The van der Waals surface area contributed by atoms with E-state index in [1.807, 2.05) is 0 Å². The standard InChI is InChI=1S/C8H18.C6H12O2/c1-3-5-7-8-6-4-2;1-2-3-4-5-6(7)8/h3-8H2,1-2H3;2-5H2,1H3,(H,7,8). The lowest BCUT2D eigenvalue weighted by atomic mass is 10.1. The Hall–Kier alpha value is -0.530. The van der Waals surface area contributed by atoms with Crippen LogP contribution in [-0.2, 0) is 4.79 Å². The van der Waals surface area contributed by atoms with Gasteiger partial charge in [0, 0.05) is 6.42 Å². The summed E-state index contributed by atoms with van der Waals surface area (Å²) in [7, 11) is 0. The van der Waals surface area contributed by atoms with E-state index in [0.717, 1.165) is 19.3 Å². The average molecular weight is 230 g/mol. The van der Waals surface area contributed by atoms with Crippen LogP contribution in [0.1, 0.15) is 85.0 Å². The predicted octanol–water partition coefficient (Wildman–Crippen LogP) is 5.02. The van der Waals surface area contributed by atoms with E-state index in [2.05, 4.69) is 20.8 Å². The number of hydrogen-bond donors (Lipinski definition) is 1. The van der Waals surface area contributed by atoms with E-state index in [9.17, 15) is 4.79 Å². The Morgan fingerprint density at radius 3 is 1.44 bits per heavy atom. The average Bonchev–Trinajstić information content (AvgIpc) is 2.25. The summed E-state index contributed by atoms with van der Waals surface area (Å²) in [5, 5.41) is 8.14. The van der Waals surface area contributed by atoms with E-state index in [1.165, 1.54) is 38.5 Å². The summed E-state index contributed by atoms with van der Waals surface area (Å²) >= 11 is 0. The molecule has 0 fully saturated rings.